The van der Waals surface area contributed by atoms with E-state index in [1.165, 1.54) is 0 Å². The van der Waals surface area contributed by atoms with Gasteiger partial charge in [0.1, 0.15) is 0 Å². The van der Waals surface area contributed by atoms with Crippen LogP contribution in [0.1, 0.15) is 46.5 Å². The molecule has 0 fully saturated rings. The first kappa shape index (κ1) is 13.2. The predicted octanol–water partition coefficient (Wildman–Crippen LogP) is 1.69. The molecule has 0 aromatic carbocycles. The normalized spacial score (nSPS) is 10.8. The summed E-state index contributed by atoms with van der Waals surface area (Å²) in [4.78, 5) is 0. The van der Waals surface area contributed by atoms with E-state index < -0.39 is 5.60 Å². The van der Waals surface area contributed by atoms with E-state index in [0.717, 1.165) is 25.7 Å². The van der Waals surface area contributed by atoms with Gasteiger partial charge in [0.05, 0.1) is 5.60 Å². The maximum atomic E-state index is 9.51. The maximum absolute atomic E-state index is 9.51. The van der Waals surface area contributed by atoms with Crippen LogP contribution in [0.4, 0.5) is 0 Å². The number of hydrogen-bond acceptors (Lipinski definition) is 1. The number of aliphatic hydroxyl groups is 1. The van der Waals surface area contributed by atoms with Crippen LogP contribution in [0.3, 0.4) is 0 Å². The molecule has 0 heterocycles. The third kappa shape index (κ3) is 6.67. The minimum absolute atomic E-state index is 0. The monoisotopic (exact) mass is 138 g/mol. The number of rotatable bonds is 4. The van der Waals surface area contributed by atoms with Crippen LogP contribution >= 0.6 is 0 Å². The SMILES string of the molecule is CCCC(C)(O)CCC.[LiH]. The van der Waals surface area contributed by atoms with Gasteiger partial charge in [-0.1, -0.05) is 26.7 Å². The van der Waals surface area contributed by atoms with Crippen LogP contribution in [0.15, 0.2) is 0 Å². The molecule has 0 bridgehead atoms. The van der Waals surface area contributed by atoms with Gasteiger partial charge in [0.25, 0.3) is 0 Å². The molecule has 0 atom stereocenters. The zero-order valence-electron chi connectivity index (χ0n) is 6.78. The summed E-state index contributed by atoms with van der Waals surface area (Å²) in [6, 6.07) is 0. The van der Waals surface area contributed by atoms with Crippen molar-refractivity contribution in [2.75, 3.05) is 0 Å². The molecule has 0 unspecified atom stereocenters. The third-order valence-electron chi connectivity index (χ3n) is 1.58. The van der Waals surface area contributed by atoms with Crippen LogP contribution in [0, 0.1) is 0 Å². The van der Waals surface area contributed by atoms with Crippen molar-refractivity contribution in [3.63, 3.8) is 0 Å². The second kappa shape index (κ2) is 6.28. The van der Waals surface area contributed by atoms with Crippen molar-refractivity contribution < 1.29 is 5.11 Å². The van der Waals surface area contributed by atoms with Gasteiger partial charge in [0.2, 0.25) is 0 Å². The standard InChI is InChI=1S/C8H18O.Li.H/c1-4-6-8(3,9)7-5-2;;/h9H,4-7H2,1-3H3;;. The fourth-order valence-corrected chi connectivity index (χ4v) is 1.20. The summed E-state index contributed by atoms with van der Waals surface area (Å²) in [6.45, 7) is 6.12. The average Bonchev–Trinajstić information content (AvgIpc) is 1.64. The van der Waals surface area contributed by atoms with Gasteiger partial charge in [-0.25, -0.2) is 0 Å². The molecule has 0 aliphatic heterocycles. The van der Waals surface area contributed by atoms with E-state index in [4.69, 9.17) is 0 Å². The van der Waals surface area contributed by atoms with Crippen LogP contribution in [0.5, 0.6) is 0 Å². The van der Waals surface area contributed by atoms with E-state index >= 15 is 0 Å². The van der Waals surface area contributed by atoms with Gasteiger partial charge in [0.15, 0.2) is 0 Å². The summed E-state index contributed by atoms with van der Waals surface area (Å²) < 4.78 is 0. The summed E-state index contributed by atoms with van der Waals surface area (Å²) in [6.07, 6.45) is 4.02. The fraction of sp³-hybridized carbons (Fsp3) is 1.00. The van der Waals surface area contributed by atoms with Crippen molar-refractivity contribution in [1.29, 1.82) is 0 Å². The Kier molecular flexibility index (Phi) is 8.27. The van der Waals surface area contributed by atoms with Crippen molar-refractivity contribution in [3.8, 4) is 0 Å². The molecule has 0 saturated carbocycles. The molecular weight excluding hydrogens is 119 g/mol. The number of hydrogen-bond donors (Lipinski definition) is 1. The van der Waals surface area contributed by atoms with Crippen LogP contribution in [-0.2, 0) is 0 Å². The predicted molar refractivity (Wildman–Crippen MR) is 47.6 cm³/mol. The molecule has 0 saturated heterocycles. The van der Waals surface area contributed by atoms with Crippen molar-refractivity contribution in [2.24, 2.45) is 0 Å². The van der Waals surface area contributed by atoms with Crippen molar-refractivity contribution >= 4 is 18.9 Å². The topological polar surface area (TPSA) is 20.2 Å². The van der Waals surface area contributed by atoms with Gasteiger partial charge >= 0.3 is 18.9 Å². The van der Waals surface area contributed by atoms with Gasteiger partial charge < -0.3 is 5.11 Å². The zero-order valence-corrected chi connectivity index (χ0v) is 6.78. The van der Waals surface area contributed by atoms with Gasteiger partial charge in [-0.05, 0) is 19.8 Å². The third-order valence-corrected chi connectivity index (χ3v) is 1.58. The molecule has 0 aromatic heterocycles. The molecule has 0 aliphatic rings. The van der Waals surface area contributed by atoms with Gasteiger partial charge in [-0.15, -0.1) is 0 Å². The molecule has 2 heteroatoms. The summed E-state index contributed by atoms with van der Waals surface area (Å²) in [5.74, 6) is 0. The first-order valence-corrected chi connectivity index (χ1v) is 3.84. The molecule has 0 radical (unpaired) electrons. The Balaban J connectivity index is 0. The summed E-state index contributed by atoms with van der Waals surface area (Å²) in [5.41, 5.74) is -0.399. The molecule has 0 aliphatic carbocycles. The Morgan fingerprint density at radius 1 is 1.10 bits per heavy atom. The second-order valence-corrected chi connectivity index (χ2v) is 3.00. The summed E-state index contributed by atoms with van der Waals surface area (Å²) in [5, 5.41) is 9.51. The summed E-state index contributed by atoms with van der Waals surface area (Å²) in [7, 11) is 0. The van der Waals surface area contributed by atoms with Gasteiger partial charge in [-0.2, -0.15) is 0 Å². The quantitative estimate of drug-likeness (QED) is 0.586. The molecule has 10 heavy (non-hydrogen) atoms. The first-order valence-electron chi connectivity index (χ1n) is 3.84. The van der Waals surface area contributed by atoms with Crippen molar-refractivity contribution in [1.82, 2.24) is 0 Å². The van der Waals surface area contributed by atoms with Crippen molar-refractivity contribution in [2.45, 2.75) is 52.1 Å². The minimum atomic E-state index is -0.399. The molecule has 1 nitrogen and oxygen atoms in total. The average molecular weight is 138 g/mol. The molecule has 1 N–H and O–H groups in total. The Hall–Kier alpha value is 0.557. The second-order valence-electron chi connectivity index (χ2n) is 3.00. The summed E-state index contributed by atoms with van der Waals surface area (Å²) >= 11 is 0. The molecule has 0 amide bonds. The molecule has 0 spiro atoms. The first-order chi connectivity index (χ1) is 4.12. The van der Waals surface area contributed by atoms with Crippen LogP contribution < -0.4 is 0 Å². The van der Waals surface area contributed by atoms with E-state index in [9.17, 15) is 5.11 Å². The van der Waals surface area contributed by atoms with Crippen LogP contribution in [0.2, 0.25) is 0 Å². The Morgan fingerprint density at radius 3 is 1.60 bits per heavy atom. The van der Waals surface area contributed by atoms with E-state index in [-0.39, 0.29) is 18.9 Å². The molecular formula is C8H19LiO. The fourth-order valence-electron chi connectivity index (χ4n) is 1.20. The van der Waals surface area contributed by atoms with Crippen molar-refractivity contribution in [3.05, 3.63) is 0 Å². The van der Waals surface area contributed by atoms with E-state index in [1.54, 1.807) is 0 Å². The molecule has 0 rings (SSSR count). The zero-order chi connectivity index (χ0) is 7.33. The van der Waals surface area contributed by atoms with E-state index in [2.05, 4.69) is 13.8 Å². The molecule has 0 aromatic rings. The van der Waals surface area contributed by atoms with Crippen LogP contribution in [-0.4, -0.2) is 29.6 Å². The van der Waals surface area contributed by atoms with Crippen LogP contribution in [0.25, 0.3) is 0 Å². The Labute approximate surface area is 76.4 Å². The van der Waals surface area contributed by atoms with Gasteiger partial charge in [-0.3, -0.25) is 0 Å². The van der Waals surface area contributed by atoms with E-state index in [1.807, 2.05) is 6.92 Å². The Bertz CT molecular complexity index is 63.7. The Morgan fingerprint density at radius 2 is 1.40 bits per heavy atom. The van der Waals surface area contributed by atoms with E-state index in [0.29, 0.717) is 0 Å². The molecule has 58 valence electrons. The van der Waals surface area contributed by atoms with Gasteiger partial charge in [0, 0.05) is 0 Å².